The minimum atomic E-state index is -0.0935. The van der Waals surface area contributed by atoms with Crippen LogP contribution in [0.2, 0.25) is 0 Å². The summed E-state index contributed by atoms with van der Waals surface area (Å²) in [6.07, 6.45) is 16.8. The predicted molar refractivity (Wildman–Crippen MR) is 111 cm³/mol. The Morgan fingerprint density at radius 1 is 1.11 bits per heavy atom. The van der Waals surface area contributed by atoms with Crippen LogP contribution in [0, 0.1) is 34.5 Å². The number of rotatable bonds is 5. The molecular formula is C25H42O2. The molecule has 4 unspecified atom stereocenters. The van der Waals surface area contributed by atoms with E-state index in [0.29, 0.717) is 10.8 Å². The standard InChI is InChI=1S/C25H42O2/c1-4-19(26)7-5-6-17-9-11-22-21-10-8-18-16-20(27)12-14-25(18,3)23(21)13-15-24(17,22)2/h8,17,19-23,26-27H,4-7,9-16H2,1-3H3/t17-,19-,20-,21-,22?,23?,24?,25?/m0/s1. The van der Waals surface area contributed by atoms with Gasteiger partial charge in [-0.05, 0) is 105 Å². The van der Waals surface area contributed by atoms with E-state index in [9.17, 15) is 10.2 Å². The largest absolute Gasteiger partial charge is 0.393 e. The Labute approximate surface area is 166 Å². The molecule has 0 aromatic heterocycles. The second-order valence-electron chi connectivity index (χ2n) is 11.0. The van der Waals surface area contributed by atoms with Gasteiger partial charge in [0.15, 0.2) is 0 Å². The Bertz CT molecular complexity index is 569. The van der Waals surface area contributed by atoms with Gasteiger partial charge in [0.1, 0.15) is 0 Å². The van der Waals surface area contributed by atoms with E-state index in [4.69, 9.17) is 0 Å². The maximum absolute atomic E-state index is 10.2. The van der Waals surface area contributed by atoms with Crippen molar-refractivity contribution < 1.29 is 10.2 Å². The van der Waals surface area contributed by atoms with E-state index in [1.54, 1.807) is 5.57 Å². The lowest BCUT2D eigenvalue weighted by atomic mass is 9.47. The van der Waals surface area contributed by atoms with Crippen LogP contribution in [0.25, 0.3) is 0 Å². The van der Waals surface area contributed by atoms with E-state index in [-0.39, 0.29) is 12.2 Å². The van der Waals surface area contributed by atoms with Crippen LogP contribution in [0.1, 0.15) is 97.8 Å². The molecule has 0 amide bonds. The van der Waals surface area contributed by atoms with E-state index >= 15 is 0 Å². The van der Waals surface area contributed by atoms with Gasteiger partial charge in [0.25, 0.3) is 0 Å². The Balaban J connectivity index is 1.47. The zero-order chi connectivity index (χ0) is 19.2. The molecule has 0 aromatic carbocycles. The molecule has 2 heteroatoms. The molecule has 2 nitrogen and oxygen atoms in total. The van der Waals surface area contributed by atoms with Crippen LogP contribution in [0.5, 0.6) is 0 Å². The lowest BCUT2D eigenvalue weighted by Gasteiger charge is -2.58. The Hall–Kier alpha value is -0.340. The third-order valence-corrected chi connectivity index (χ3v) is 9.84. The van der Waals surface area contributed by atoms with Gasteiger partial charge in [-0.2, -0.15) is 0 Å². The molecule has 0 aliphatic heterocycles. The Morgan fingerprint density at radius 3 is 2.70 bits per heavy atom. The summed E-state index contributed by atoms with van der Waals surface area (Å²) in [5.41, 5.74) is 2.50. The first-order valence-corrected chi connectivity index (χ1v) is 11.9. The highest BCUT2D eigenvalue weighted by atomic mass is 16.3. The van der Waals surface area contributed by atoms with Crippen LogP contribution in [0.3, 0.4) is 0 Å². The molecule has 4 aliphatic rings. The van der Waals surface area contributed by atoms with Crippen LogP contribution in [-0.4, -0.2) is 22.4 Å². The summed E-state index contributed by atoms with van der Waals surface area (Å²) < 4.78 is 0. The van der Waals surface area contributed by atoms with E-state index in [1.165, 1.54) is 51.4 Å². The maximum Gasteiger partial charge on any atom is 0.0577 e. The number of aliphatic hydroxyl groups is 2. The molecular weight excluding hydrogens is 332 g/mol. The van der Waals surface area contributed by atoms with E-state index in [2.05, 4.69) is 26.8 Å². The fourth-order valence-electron chi connectivity index (χ4n) is 8.03. The summed E-state index contributed by atoms with van der Waals surface area (Å²) in [7, 11) is 0. The number of aliphatic hydroxyl groups excluding tert-OH is 2. The molecule has 0 saturated heterocycles. The predicted octanol–water partition coefficient (Wildman–Crippen LogP) is 5.87. The lowest BCUT2D eigenvalue weighted by Crippen LogP contribution is -2.50. The molecule has 4 aliphatic carbocycles. The molecule has 0 bridgehead atoms. The summed E-state index contributed by atoms with van der Waals surface area (Å²) in [6.45, 7) is 7.24. The van der Waals surface area contributed by atoms with E-state index < -0.39 is 0 Å². The van der Waals surface area contributed by atoms with Crippen molar-refractivity contribution >= 4 is 0 Å². The molecule has 8 atom stereocenters. The van der Waals surface area contributed by atoms with Crippen molar-refractivity contribution in [2.24, 2.45) is 34.5 Å². The number of hydrogen-bond donors (Lipinski definition) is 2. The van der Waals surface area contributed by atoms with Gasteiger partial charge in [-0.1, -0.05) is 38.8 Å². The van der Waals surface area contributed by atoms with Crippen LogP contribution in [0.4, 0.5) is 0 Å². The van der Waals surface area contributed by atoms with Crippen molar-refractivity contribution in [2.75, 3.05) is 0 Å². The minimum absolute atomic E-state index is 0.0887. The summed E-state index contributed by atoms with van der Waals surface area (Å²) >= 11 is 0. The van der Waals surface area contributed by atoms with Crippen molar-refractivity contribution in [1.82, 2.24) is 0 Å². The Morgan fingerprint density at radius 2 is 1.93 bits per heavy atom. The summed E-state index contributed by atoms with van der Waals surface area (Å²) in [5, 5.41) is 20.1. The van der Waals surface area contributed by atoms with Crippen LogP contribution in [-0.2, 0) is 0 Å². The third-order valence-electron chi connectivity index (χ3n) is 9.84. The molecule has 3 saturated carbocycles. The fourth-order valence-corrected chi connectivity index (χ4v) is 8.03. The number of hydrogen-bond acceptors (Lipinski definition) is 2. The molecule has 0 spiro atoms. The first-order valence-electron chi connectivity index (χ1n) is 11.9. The zero-order valence-electron chi connectivity index (χ0n) is 17.9. The summed E-state index contributed by atoms with van der Waals surface area (Å²) in [5.74, 6) is 3.50. The molecule has 0 aromatic rings. The maximum atomic E-state index is 10.2. The van der Waals surface area contributed by atoms with E-state index in [1.807, 2.05) is 0 Å². The highest BCUT2D eigenvalue weighted by Gasteiger charge is 2.58. The summed E-state index contributed by atoms with van der Waals surface area (Å²) in [6, 6.07) is 0. The van der Waals surface area contributed by atoms with Gasteiger partial charge in [0.05, 0.1) is 12.2 Å². The molecule has 3 fully saturated rings. The fraction of sp³-hybridized carbons (Fsp3) is 0.920. The van der Waals surface area contributed by atoms with Crippen molar-refractivity contribution in [3.05, 3.63) is 11.6 Å². The van der Waals surface area contributed by atoms with Crippen molar-refractivity contribution in [2.45, 2.75) is 110 Å². The first-order chi connectivity index (χ1) is 12.9. The summed E-state index contributed by atoms with van der Waals surface area (Å²) in [4.78, 5) is 0. The molecule has 0 radical (unpaired) electrons. The SMILES string of the molecule is CC[C@H](O)CCC[C@H]1CCC2[C@@H]3CC=C4C[C@@H](O)CCC4(C)C3CCC21C. The second-order valence-corrected chi connectivity index (χ2v) is 11.0. The van der Waals surface area contributed by atoms with Gasteiger partial charge in [0, 0.05) is 0 Å². The van der Waals surface area contributed by atoms with Crippen LogP contribution in [0.15, 0.2) is 11.6 Å². The van der Waals surface area contributed by atoms with Crippen molar-refractivity contribution in [3.8, 4) is 0 Å². The molecule has 154 valence electrons. The van der Waals surface area contributed by atoms with Crippen LogP contribution >= 0.6 is 0 Å². The first kappa shape index (κ1) is 20.0. The highest BCUT2D eigenvalue weighted by Crippen LogP contribution is 2.66. The molecule has 2 N–H and O–H groups in total. The van der Waals surface area contributed by atoms with E-state index in [0.717, 1.165) is 49.4 Å². The molecule has 4 rings (SSSR count). The van der Waals surface area contributed by atoms with Crippen molar-refractivity contribution in [1.29, 1.82) is 0 Å². The topological polar surface area (TPSA) is 40.5 Å². The van der Waals surface area contributed by atoms with Crippen LogP contribution < -0.4 is 0 Å². The normalized spacial score (nSPS) is 47.6. The quantitative estimate of drug-likeness (QED) is 0.591. The van der Waals surface area contributed by atoms with Gasteiger partial charge >= 0.3 is 0 Å². The van der Waals surface area contributed by atoms with Gasteiger partial charge in [-0.3, -0.25) is 0 Å². The smallest absolute Gasteiger partial charge is 0.0577 e. The van der Waals surface area contributed by atoms with Gasteiger partial charge in [-0.25, -0.2) is 0 Å². The van der Waals surface area contributed by atoms with Gasteiger partial charge in [0.2, 0.25) is 0 Å². The average molecular weight is 375 g/mol. The monoisotopic (exact) mass is 374 g/mol. The molecule has 0 heterocycles. The average Bonchev–Trinajstić information content (AvgIpc) is 2.99. The van der Waals surface area contributed by atoms with Crippen molar-refractivity contribution in [3.63, 3.8) is 0 Å². The number of fused-ring (bicyclic) bond motifs is 5. The van der Waals surface area contributed by atoms with Gasteiger partial charge in [-0.15, -0.1) is 0 Å². The zero-order valence-corrected chi connectivity index (χ0v) is 17.9. The molecule has 27 heavy (non-hydrogen) atoms. The highest BCUT2D eigenvalue weighted by molar-refractivity contribution is 5.25. The van der Waals surface area contributed by atoms with Gasteiger partial charge < -0.3 is 10.2 Å². The Kier molecular flexibility index (Phi) is 5.53. The second kappa shape index (κ2) is 7.48. The minimum Gasteiger partial charge on any atom is -0.393 e. The lowest BCUT2D eigenvalue weighted by molar-refractivity contribution is -0.0511. The number of allylic oxidation sites excluding steroid dienone is 1. The third kappa shape index (κ3) is 3.33.